The van der Waals surface area contributed by atoms with Crippen LogP contribution in [0.25, 0.3) is 0 Å². The lowest BCUT2D eigenvalue weighted by Gasteiger charge is -2.10. The predicted octanol–water partition coefficient (Wildman–Crippen LogP) is 1.09. The van der Waals surface area contributed by atoms with Gasteiger partial charge in [0.1, 0.15) is 0 Å². The fourth-order valence-corrected chi connectivity index (χ4v) is 1.11. The Bertz CT molecular complexity index is 310. The Balaban J connectivity index is 2.65. The van der Waals surface area contributed by atoms with Crippen LogP contribution in [-0.4, -0.2) is 23.7 Å². The minimum absolute atomic E-state index is 0.0591. The molecule has 1 atom stereocenters. The fourth-order valence-electron chi connectivity index (χ4n) is 0.966. The molecule has 1 amide bonds. The van der Waals surface area contributed by atoms with Gasteiger partial charge in [-0.25, -0.2) is 0 Å². The summed E-state index contributed by atoms with van der Waals surface area (Å²) in [6, 6.07) is 6.67. The summed E-state index contributed by atoms with van der Waals surface area (Å²) >= 11 is 4.12. The highest BCUT2D eigenvalue weighted by molar-refractivity contribution is 7.80. The number of nitrogens with one attached hydrogen (secondary N) is 1. The van der Waals surface area contributed by atoms with E-state index in [1.807, 2.05) is 0 Å². The molecule has 76 valence electrons. The Hall–Kier alpha value is -1.00. The Labute approximate surface area is 88.6 Å². The number of hydrogen-bond donors (Lipinski definition) is 3. The van der Waals surface area contributed by atoms with E-state index in [0.29, 0.717) is 5.56 Å². The Kier molecular flexibility index (Phi) is 3.98. The molecule has 0 aliphatic heterocycles. The third-order valence-corrected chi connectivity index (χ3v) is 2.08. The van der Waals surface area contributed by atoms with Gasteiger partial charge in [0.05, 0.1) is 6.61 Å². The molecule has 4 heteroatoms. The molecule has 0 spiro atoms. The van der Waals surface area contributed by atoms with E-state index in [9.17, 15) is 4.79 Å². The SMILES string of the molecule is CC(CO)NC(=O)c1ccc(S)cc1. The number of carbonyl (C=O) groups is 1. The average Bonchev–Trinajstić information content (AvgIpc) is 2.18. The zero-order valence-corrected chi connectivity index (χ0v) is 8.79. The number of amides is 1. The second-order valence-corrected chi connectivity index (χ2v) is 3.62. The summed E-state index contributed by atoms with van der Waals surface area (Å²) in [5, 5.41) is 11.4. The largest absolute Gasteiger partial charge is 0.394 e. The molecule has 1 aromatic carbocycles. The van der Waals surface area contributed by atoms with E-state index < -0.39 is 0 Å². The number of aliphatic hydroxyl groups is 1. The maximum absolute atomic E-state index is 11.5. The predicted molar refractivity (Wildman–Crippen MR) is 57.7 cm³/mol. The monoisotopic (exact) mass is 211 g/mol. The first-order valence-corrected chi connectivity index (χ1v) is 4.79. The second-order valence-electron chi connectivity index (χ2n) is 3.10. The third kappa shape index (κ3) is 3.05. The molecular weight excluding hydrogens is 198 g/mol. The first-order chi connectivity index (χ1) is 6.63. The molecule has 0 saturated heterocycles. The Morgan fingerprint density at radius 2 is 2.07 bits per heavy atom. The van der Waals surface area contributed by atoms with Crippen LogP contribution in [-0.2, 0) is 0 Å². The molecular formula is C10H13NO2S. The smallest absolute Gasteiger partial charge is 0.251 e. The van der Waals surface area contributed by atoms with Gasteiger partial charge in [0.25, 0.3) is 5.91 Å². The molecule has 0 saturated carbocycles. The summed E-state index contributed by atoms with van der Waals surface area (Å²) in [5.41, 5.74) is 0.572. The molecule has 14 heavy (non-hydrogen) atoms. The zero-order valence-electron chi connectivity index (χ0n) is 7.90. The van der Waals surface area contributed by atoms with Crippen molar-refractivity contribution in [1.82, 2.24) is 5.32 Å². The summed E-state index contributed by atoms with van der Waals surface area (Å²) in [5.74, 6) is -0.181. The molecule has 0 heterocycles. The first-order valence-electron chi connectivity index (χ1n) is 4.34. The van der Waals surface area contributed by atoms with Crippen LogP contribution in [0.15, 0.2) is 29.2 Å². The molecule has 0 fully saturated rings. The lowest BCUT2D eigenvalue weighted by Crippen LogP contribution is -2.34. The zero-order chi connectivity index (χ0) is 10.6. The molecule has 0 aliphatic carbocycles. The van der Waals surface area contributed by atoms with E-state index in [4.69, 9.17) is 5.11 Å². The van der Waals surface area contributed by atoms with Gasteiger partial charge >= 0.3 is 0 Å². The van der Waals surface area contributed by atoms with E-state index in [1.165, 1.54) is 0 Å². The van der Waals surface area contributed by atoms with Gasteiger partial charge in [-0.05, 0) is 31.2 Å². The molecule has 0 aromatic heterocycles. The van der Waals surface area contributed by atoms with Gasteiger partial charge in [-0.15, -0.1) is 12.6 Å². The topological polar surface area (TPSA) is 49.3 Å². The molecule has 2 N–H and O–H groups in total. The van der Waals surface area contributed by atoms with Gasteiger partial charge in [-0.2, -0.15) is 0 Å². The highest BCUT2D eigenvalue weighted by atomic mass is 32.1. The van der Waals surface area contributed by atoms with Crippen molar-refractivity contribution in [2.75, 3.05) is 6.61 Å². The van der Waals surface area contributed by atoms with Crippen molar-refractivity contribution >= 4 is 18.5 Å². The Morgan fingerprint density at radius 1 is 1.50 bits per heavy atom. The maximum atomic E-state index is 11.5. The van der Waals surface area contributed by atoms with E-state index in [2.05, 4.69) is 17.9 Å². The summed E-state index contributed by atoms with van der Waals surface area (Å²) < 4.78 is 0. The van der Waals surface area contributed by atoms with Crippen LogP contribution in [0.2, 0.25) is 0 Å². The van der Waals surface area contributed by atoms with Crippen molar-refractivity contribution < 1.29 is 9.90 Å². The summed E-state index contributed by atoms with van der Waals surface area (Å²) in [4.78, 5) is 12.3. The minimum Gasteiger partial charge on any atom is -0.394 e. The van der Waals surface area contributed by atoms with E-state index >= 15 is 0 Å². The standard InChI is InChI=1S/C10H13NO2S/c1-7(6-12)11-10(13)8-2-4-9(14)5-3-8/h2-5,7,12,14H,6H2,1H3,(H,11,13). The molecule has 1 rings (SSSR count). The minimum atomic E-state index is -0.224. The van der Waals surface area contributed by atoms with Crippen LogP contribution in [0, 0.1) is 0 Å². The van der Waals surface area contributed by atoms with E-state index in [0.717, 1.165) is 4.90 Å². The summed E-state index contributed by atoms with van der Waals surface area (Å²) in [6.07, 6.45) is 0. The molecule has 1 aromatic rings. The highest BCUT2D eigenvalue weighted by Crippen LogP contribution is 2.07. The number of thiol groups is 1. The van der Waals surface area contributed by atoms with Crippen molar-refractivity contribution in [3.63, 3.8) is 0 Å². The van der Waals surface area contributed by atoms with Crippen LogP contribution in [0.3, 0.4) is 0 Å². The van der Waals surface area contributed by atoms with Gasteiger partial charge in [0.2, 0.25) is 0 Å². The van der Waals surface area contributed by atoms with E-state index in [-0.39, 0.29) is 18.6 Å². The number of benzene rings is 1. The van der Waals surface area contributed by atoms with Crippen LogP contribution >= 0.6 is 12.6 Å². The van der Waals surface area contributed by atoms with Crippen LogP contribution in [0.1, 0.15) is 17.3 Å². The highest BCUT2D eigenvalue weighted by Gasteiger charge is 2.07. The van der Waals surface area contributed by atoms with Gasteiger partial charge in [0, 0.05) is 16.5 Å². The summed E-state index contributed by atoms with van der Waals surface area (Å²) in [7, 11) is 0. The molecule has 3 nitrogen and oxygen atoms in total. The number of aliphatic hydroxyl groups excluding tert-OH is 1. The van der Waals surface area contributed by atoms with Crippen molar-refractivity contribution in [3.05, 3.63) is 29.8 Å². The molecule has 0 aliphatic rings. The number of carbonyl (C=O) groups excluding carboxylic acids is 1. The van der Waals surface area contributed by atoms with Gasteiger partial charge in [-0.3, -0.25) is 4.79 Å². The number of rotatable bonds is 3. The van der Waals surface area contributed by atoms with E-state index in [1.54, 1.807) is 31.2 Å². The second kappa shape index (κ2) is 5.02. The van der Waals surface area contributed by atoms with Crippen LogP contribution in [0.4, 0.5) is 0 Å². The van der Waals surface area contributed by atoms with Crippen LogP contribution in [0.5, 0.6) is 0 Å². The van der Waals surface area contributed by atoms with Crippen molar-refractivity contribution in [2.45, 2.75) is 17.9 Å². The Morgan fingerprint density at radius 3 is 2.57 bits per heavy atom. The maximum Gasteiger partial charge on any atom is 0.251 e. The average molecular weight is 211 g/mol. The quantitative estimate of drug-likeness (QED) is 0.655. The van der Waals surface area contributed by atoms with Gasteiger partial charge in [0.15, 0.2) is 0 Å². The normalized spacial score (nSPS) is 12.2. The lowest BCUT2D eigenvalue weighted by atomic mass is 10.2. The van der Waals surface area contributed by atoms with Crippen LogP contribution < -0.4 is 5.32 Å². The van der Waals surface area contributed by atoms with Gasteiger partial charge < -0.3 is 10.4 Å². The van der Waals surface area contributed by atoms with Crippen molar-refractivity contribution in [3.8, 4) is 0 Å². The lowest BCUT2D eigenvalue weighted by molar-refractivity contribution is 0.0922. The molecule has 0 bridgehead atoms. The molecule has 1 unspecified atom stereocenters. The van der Waals surface area contributed by atoms with Gasteiger partial charge in [-0.1, -0.05) is 0 Å². The van der Waals surface area contributed by atoms with Crippen molar-refractivity contribution in [1.29, 1.82) is 0 Å². The first kappa shape index (κ1) is 11.1. The number of hydrogen-bond acceptors (Lipinski definition) is 3. The third-order valence-electron chi connectivity index (χ3n) is 1.78. The summed E-state index contributed by atoms with van der Waals surface area (Å²) in [6.45, 7) is 1.68. The molecule has 0 radical (unpaired) electrons. The van der Waals surface area contributed by atoms with Crippen molar-refractivity contribution in [2.24, 2.45) is 0 Å². The fraction of sp³-hybridized carbons (Fsp3) is 0.300.